The number of anilines is 1. The van der Waals surface area contributed by atoms with Crippen molar-refractivity contribution in [2.45, 2.75) is 37.8 Å². The van der Waals surface area contributed by atoms with Gasteiger partial charge in [-0.15, -0.1) is 0 Å². The van der Waals surface area contributed by atoms with E-state index in [0.717, 1.165) is 29.9 Å². The molecule has 0 saturated carbocycles. The van der Waals surface area contributed by atoms with E-state index in [4.69, 9.17) is 0 Å². The molecule has 1 aromatic rings. The molecule has 0 spiro atoms. The fourth-order valence-corrected chi connectivity index (χ4v) is 3.52. The minimum atomic E-state index is -0.168. The number of nitrogens with one attached hydrogen (secondary N) is 1. The average molecular weight is 313 g/mol. The van der Waals surface area contributed by atoms with Crippen molar-refractivity contribution in [1.82, 2.24) is 4.90 Å². The van der Waals surface area contributed by atoms with Crippen LogP contribution in [0.15, 0.2) is 22.7 Å². The van der Waals surface area contributed by atoms with E-state index >= 15 is 0 Å². The summed E-state index contributed by atoms with van der Waals surface area (Å²) in [6.07, 6.45) is 4.90. The van der Waals surface area contributed by atoms with Crippen molar-refractivity contribution in [3.05, 3.63) is 28.5 Å². The zero-order chi connectivity index (χ0) is 12.5. The highest BCUT2D eigenvalue weighted by Crippen LogP contribution is 2.29. The van der Waals surface area contributed by atoms with E-state index in [9.17, 15) is 4.39 Å². The molecule has 2 unspecified atom stereocenters. The molecular weight excluding hydrogens is 295 g/mol. The molecule has 2 fully saturated rings. The summed E-state index contributed by atoms with van der Waals surface area (Å²) in [5, 5.41) is 3.37. The van der Waals surface area contributed by atoms with Crippen molar-refractivity contribution < 1.29 is 4.39 Å². The van der Waals surface area contributed by atoms with Crippen LogP contribution in [0, 0.1) is 5.82 Å². The second-order valence-electron chi connectivity index (χ2n) is 5.32. The molecule has 3 rings (SSSR count). The number of fused-ring (bicyclic) bond motifs is 1. The highest BCUT2D eigenvalue weighted by Gasteiger charge is 2.31. The Morgan fingerprint density at radius 2 is 2.17 bits per heavy atom. The van der Waals surface area contributed by atoms with Crippen LogP contribution in [0.3, 0.4) is 0 Å². The van der Waals surface area contributed by atoms with Gasteiger partial charge < -0.3 is 10.2 Å². The summed E-state index contributed by atoms with van der Waals surface area (Å²) in [6.45, 7) is 2.41. The predicted octanol–water partition coefficient (Wildman–Crippen LogP) is 3.63. The number of benzene rings is 1. The van der Waals surface area contributed by atoms with Gasteiger partial charge in [0, 0.05) is 23.1 Å². The minimum absolute atomic E-state index is 0.168. The van der Waals surface area contributed by atoms with Gasteiger partial charge in [0.1, 0.15) is 5.82 Å². The van der Waals surface area contributed by atoms with Gasteiger partial charge in [-0.05, 0) is 50.4 Å². The van der Waals surface area contributed by atoms with Crippen LogP contribution < -0.4 is 5.32 Å². The van der Waals surface area contributed by atoms with Crippen LogP contribution in [0.1, 0.15) is 25.7 Å². The molecule has 2 atom stereocenters. The number of hydrogen-bond acceptors (Lipinski definition) is 2. The summed E-state index contributed by atoms with van der Waals surface area (Å²) in [5.41, 5.74) is 0.634. The molecular formula is C14H18BrFN2. The summed E-state index contributed by atoms with van der Waals surface area (Å²) in [6, 6.07) is 6.36. The third-order valence-corrected chi connectivity index (χ3v) is 4.60. The third-order valence-electron chi connectivity index (χ3n) is 4.11. The van der Waals surface area contributed by atoms with E-state index in [0.29, 0.717) is 11.7 Å². The zero-order valence-electron chi connectivity index (χ0n) is 10.3. The van der Waals surface area contributed by atoms with Gasteiger partial charge in [-0.3, -0.25) is 0 Å². The normalized spacial score (nSPS) is 28.1. The first-order chi connectivity index (χ1) is 8.72. The van der Waals surface area contributed by atoms with Crippen molar-refractivity contribution in [2.24, 2.45) is 0 Å². The second-order valence-corrected chi connectivity index (χ2v) is 6.24. The van der Waals surface area contributed by atoms with Crippen molar-refractivity contribution in [3.8, 4) is 0 Å². The first-order valence-electron chi connectivity index (χ1n) is 6.68. The van der Waals surface area contributed by atoms with Crippen molar-refractivity contribution >= 4 is 21.6 Å². The maximum absolute atomic E-state index is 13.8. The summed E-state index contributed by atoms with van der Waals surface area (Å²) in [5.74, 6) is -0.168. The minimum Gasteiger partial charge on any atom is -0.380 e. The number of piperidine rings is 1. The van der Waals surface area contributed by atoms with Gasteiger partial charge >= 0.3 is 0 Å². The van der Waals surface area contributed by atoms with Crippen LogP contribution in [0.4, 0.5) is 10.1 Å². The van der Waals surface area contributed by atoms with E-state index in [1.807, 2.05) is 12.1 Å². The molecule has 0 radical (unpaired) electrons. The van der Waals surface area contributed by atoms with Crippen LogP contribution in [-0.4, -0.2) is 30.1 Å². The number of rotatable bonds is 2. The third kappa shape index (κ3) is 2.54. The summed E-state index contributed by atoms with van der Waals surface area (Å²) >= 11 is 3.28. The first-order valence-corrected chi connectivity index (χ1v) is 7.47. The Balaban J connectivity index is 1.66. The van der Waals surface area contributed by atoms with Gasteiger partial charge in [-0.25, -0.2) is 4.39 Å². The summed E-state index contributed by atoms with van der Waals surface area (Å²) in [4.78, 5) is 2.58. The maximum Gasteiger partial charge on any atom is 0.147 e. The highest BCUT2D eigenvalue weighted by molar-refractivity contribution is 9.10. The Hall–Kier alpha value is -0.610. The van der Waals surface area contributed by atoms with Crippen LogP contribution in [-0.2, 0) is 0 Å². The lowest BCUT2D eigenvalue weighted by atomic mass is 9.97. The van der Waals surface area contributed by atoms with Crippen molar-refractivity contribution in [3.63, 3.8) is 0 Å². The molecule has 1 N–H and O–H groups in total. The van der Waals surface area contributed by atoms with Crippen LogP contribution in [0.5, 0.6) is 0 Å². The largest absolute Gasteiger partial charge is 0.380 e. The van der Waals surface area contributed by atoms with E-state index in [1.165, 1.54) is 25.5 Å². The summed E-state index contributed by atoms with van der Waals surface area (Å²) < 4.78 is 14.6. The molecule has 18 heavy (non-hydrogen) atoms. The monoisotopic (exact) mass is 312 g/mol. The molecule has 1 aromatic carbocycles. The molecule has 2 heterocycles. The Kier molecular flexibility index (Phi) is 3.57. The van der Waals surface area contributed by atoms with E-state index in [1.54, 1.807) is 0 Å². The van der Waals surface area contributed by atoms with Gasteiger partial charge in [0.15, 0.2) is 0 Å². The molecule has 2 aliphatic rings. The molecule has 0 bridgehead atoms. The lowest BCUT2D eigenvalue weighted by molar-refractivity contribution is 0.188. The molecule has 0 amide bonds. The molecule has 2 aliphatic heterocycles. The zero-order valence-corrected chi connectivity index (χ0v) is 11.9. The second kappa shape index (κ2) is 5.17. The lowest BCUT2D eigenvalue weighted by Gasteiger charge is -2.35. The van der Waals surface area contributed by atoms with E-state index in [-0.39, 0.29) is 5.82 Å². The van der Waals surface area contributed by atoms with Crippen molar-refractivity contribution in [2.75, 3.05) is 18.4 Å². The van der Waals surface area contributed by atoms with Crippen LogP contribution in [0.2, 0.25) is 0 Å². The average Bonchev–Trinajstić information content (AvgIpc) is 2.80. The quantitative estimate of drug-likeness (QED) is 0.897. The Labute approximate surface area is 116 Å². The fraction of sp³-hybridized carbons (Fsp3) is 0.571. The number of hydrogen-bond donors (Lipinski definition) is 1. The topological polar surface area (TPSA) is 15.3 Å². The van der Waals surface area contributed by atoms with Gasteiger partial charge in [0.05, 0.1) is 5.69 Å². The Bertz CT molecular complexity index is 438. The molecule has 0 aromatic heterocycles. The van der Waals surface area contributed by atoms with Gasteiger partial charge in [-0.1, -0.05) is 15.9 Å². The highest BCUT2D eigenvalue weighted by atomic mass is 79.9. The maximum atomic E-state index is 13.8. The number of halogens is 2. The Morgan fingerprint density at radius 1 is 1.28 bits per heavy atom. The molecule has 98 valence electrons. The number of nitrogens with zero attached hydrogens (tertiary/aromatic N) is 1. The molecule has 2 nitrogen and oxygen atoms in total. The molecule has 2 saturated heterocycles. The van der Waals surface area contributed by atoms with Gasteiger partial charge in [0.25, 0.3) is 0 Å². The van der Waals surface area contributed by atoms with Gasteiger partial charge in [0.2, 0.25) is 0 Å². The predicted molar refractivity (Wildman–Crippen MR) is 75.3 cm³/mol. The van der Waals surface area contributed by atoms with E-state index < -0.39 is 0 Å². The fourth-order valence-electron chi connectivity index (χ4n) is 3.18. The van der Waals surface area contributed by atoms with E-state index in [2.05, 4.69) is 26.1 Å². The molecule has 0 aliphatic carbocycles. The lowest BCUT2D eigenvalue weighted by Crippen LogP contribution is -2.42. The van der Waals surface area contributed by atoms with Crippen LogP contribution >= 0.6 is 15.9 Å². The SMILES string of the molecule is Fc1cc(Br)ccc1NC1CCN2CCCC2C1. The Morgan fingerprint density at radius 3 is 3.00 bits per heavy atom. The first kappa shape index (κ1) is 12.4. The molecule has 4 heteroatoms. The summed E-state index contributed by atoms with van der Waals surface area (Å²) in [7, 11) is 0. The smallest absolute Gasteiger partial charge is 0.147 e. The van der Waals surface area contributed by atoms with Crippen molar-refractivity contribution in [1.29, 1.82) is 0 Å². The van der Waals surface area contributed by atoms with Gasteiger partial charge in [-0.2, -0.15) is 0 Å². The van der Waals surface area contributed by atoms with Crippen LogP contribution in [0.25, 0.3) is 0 Å². The standard InChI is InChI=1S/C14H18BrFN2/c15-10-3-4-14(13(16)8-10)17-11-5-7-18-6-1-2-12(18)9-11/h3-4,8,11-12,17H,1-2,5-7,9H2.